The molecule has 1 fully saturated rings. The fraction of sp³-hybridized carbons (Fsp3) is 0.419. The summed E-state index contributed by atoms with van der Waals surface area (Å²) < 4.78 is 28.0. The molecule has 1 aliphatic rings. The molecule has 0 unspecified atom stereocenters. The fourth-order valence-electron chi connectivity index (χ4n) is 5.40. The summed E-state index contributed by atoms with van der Waals surface area (Å²) >= 11 is 0. The molecule has 0 aliphatic heterocycles. The van der Waals surface area contributed by atoms with Gasteiger partial charge in [-0.1, -0.05) is 82.0 Å². The third kappa shape index (κ3) is 5.91. The van der Waals surface area contributed by atoms with Gasteiger partial charge in [0, 0.05) is 6.07 Å². The lowest BCUT2D eigenvalue weighted by molar-refractivity contribution is 0.303. The molecule has 0 saturated heterocycles. The summed E-state index contributed by atoms with van der Waals surface area (Å²) in [5, 5.41) is 0. The predicted molar refractivity (Wildman–Crippen MR) is 135 cm³/mol. The van der Waals surface area contributed by atoms with Gasteiger partial charge in [-0.3, -0.25) is 0 Å². The third-order valence-electron chi connectivity index (χ3n) is 7.42. The van der Waals surface area contributed by atoms with Crippen LogP contribution in [0.5, 0.6) is 0 Å². The van der Waals surface area contributed by atoms with Crippen LogP contribution in [0.25, 0.3) is 22.3 Å². The zero-order valence-electron chi connectivity index (χ0n) is 20.0. The van der Waals surface area contributed by atoms with E-state index in [9.17, 15) is 8.78 Å². The van der Waals surface area contributed by atoms with E-state index >= 15 is 0 Å². The maximum atomic E-state index is 14.0. The van der Waals surface area contributed by atoms with E-state index in [1.54, 1.807) is 0 Å². The van der Waals surface area contributed by atoms with Crippen molar-refractivity contribution in [1.29, 1.82) is 0 Å². The molecule has 33 heavy (non-hydrogen) atoms. The Hall–Kier alpha value is -2.48. The molecule has 0 aromatic heterocycles. The number of rotatable bonds is 8. The van der Waals surface area contributed by atoms with Gasteiger partial charge in [0.1, 0.15) is 11.6 Å². The van der Waals surface area contributed by atoms with Gasteiger partial charge in [-0.15, -0.1) is 0 Å². The standard InChI is InChI=1S/C31H36F2/c1-3-5-6-7-23-10-12-24(13-11-23)26-16-17-30(27-18-28(32)21-29(33)19-27)31(20-26)25-14-8-22(4-2)9-15-25/h8-9,14-21,23-24H,3-7,10-13H2,1-2H3. The van der Waals surface area contributed by atoms with Gasteiger partial charge in [-0.2, -0.15) is 0 Å². The Bertz CT molecular complexity index is 1020. The largest absolute Gasteiger partial charge is 0.207 e. The summed E-state index contributed by atoms with van der Waals surface area (Å²) in [6.45, 7) is 4.42. The highest BCUT2D eigenvalue weighted by Gasteiger charge is 2.23. The first-order valence-corrected chi connectivity index (χ1v) is 12.8. The van der Waals surface area contributed by atoms with Gasteiger partial charge >= 0.3 is 0 Å². The second-order valence-corrected chi connectivity index (χ2v) is 9.73. The van der Waals surface area contributed by atoms with Crippen molar-refractivity contribution in [3.63, 3.8) is 0 Å². The first kappa shape index (κ1) is 23.7. The Kier molecular flexibility index (Phi) is 7.96. The number of aryl methyl sites for hydroxylation is 1. The molecule has 0 nitrogen and oxygen atoms in total. The molecule has 174 valence electrons. The highest BCUT2D eigenvalue weighted by Crippen LogP contribution is 2.41. The molecule has 0 N–H and O–H groups in total. The Morgan fingerprint density at radius 1 is 0.697 bits per heavy atom. The quantitative estimate of drug-likeness (QED) is 0.302. The van der Waals surface area contributed by atoms with E-state index < -0.39 is 11.6 Å². The molecule has 0 bridgehead atoms. The molecule has 0 amide bonds. The van der Waals surface area contributed by atoms with Crippen LogP contribution in [0.2, 0.25) is 0 Å². The monoisotopic (exact) mass is 446 g/mol. The smallest absolute Gasteiger partial charge is 0.126 e. The summed E-state index contributed by atoms with van der Waals surface area (Å²) in [5.41, 5.74) is 6.28. The summed E-state index contributed by atoms with van der Waals surface area (Å²) in [6, 6.07) is 18.9. The van der Waals surface area contributed by atoms with Crippen LogP contribution in [0.1, 0.15) is 82.3 Å². The number of halogens is 2. The Morgan fingerprint density at radius 3 is 2.03 bits per heavy atom. The van der Waals surface area contributed by atoms with Gasteiger partial charge in [0.25, 0.3) is 0 Å². The van der Waals surface area contributed by atoms with Gasteiger partial charge in [0.2, 0.25) is 0 Å². The lowest BCUT2D eigenvalue weighted by Crippen LogP contribution is -2.13. The molecule has 4 rings (SSSR count). The first-order chi connectivity index (χ1) is 16.1. The molecule has 0 radical (unpaired) electrons. The van der Waals surface area contributed by atoms with Crippen LogP contribution >= 0.6 is 0 Å². The van der Waals surface area contributed by atoms with Gasteiger partial charge in [0.15, 0.2) is 0 Å². The SMILES string of the molecule is CCCCCC1CCC(c2ccc(-c3cc(F)cc(F)c3)c(-c3ccc(CC)cc3)c2)CC1. The van der Waals surface area contributed by atoms with Gasteiger partial charge in [0.05, 0.1) is 0 Å². The summed E-state index contributed by atoms with van der Waals surface area (Å²) in [5.74, 6) is 0.369. The van der Waals surface area contributed by atoms with E-state index in [4.69, 9.17) is 0 Å². The average Bonchev–Trinajstić information content (AvgIpc) is 2.84. The molecule has 1 aliphatic carbocycles. The molecule has 1 saturated carbocycles. The van der Waals surface area contributed by atoms with Crippen LogP contribution < -0.4 is 0 Å². The lowest BCUT2D eigenvalue weighted by atomic mass is 9.76. The maximum Gasteiger partial charge on any atom is 0.126 e. The topological polar surface area (TPSA) is 0 Å². The third-order valence-corrected chi connectivity index (χ3v) is 7.42. The molecular weight excluding hydrogens is 410 g/mol. The zero-order chi connectivity index (χ0) is 23.2. The van der Waals surface area contributed by atoms with Crippen LogP contribution in [-0.4, -0.2) is 0 Å². The predicted octanol–water partition coefficient (Wildman–Crippen LogP) is 9.72. The van der Waals surface area contributed by atoms with Crippen molar-refractivity contribution in [2.24, 2.45) is 5.92 Å². The minimum absolute atomic E-state index is 0.539. The van der Waals surface area contributed by atoms with Gasteiger partial charge in [-0.25, -0.2) is 8.78 Å². The summed E-state index contributed by atoms with van der Waals surface area (Å²) in [6.07, 6.45) is 11.5. The maximum absolute atomic E-state index is 14.0. The van der Waals surface area contributed by atoms with Crippen LogP contribution in [0.15, 0.2) is 60.7 Å². The number of hydrogen-bond donors (Lipinski definition) is 0. The minimum Gasteiger partial charge on any atom is -0.207 e. The Labute approximate surface area is 198 Å². The molecule has 0 atom stereocenters. The highest BCUT2D eigenvalue weighted by molar-refractivity contribution is 5.84. The fourth-order valence-corrected chi connectivity index (χ4v) is 5.40. The van der Waals surface area contributed by atoms with Gasteiger partial charge in [-0.05, 0) is 89.5 Å². The van der Waals surface area contributed by atoms with Crippen LogP contribution in [0.3, 0.4) is 0 Å². The Balaban J connectivity index is 1.64. The van der Waals surface area contributed by atoms with Crippen LogP contribution in [0.4, 0.5) is 8.78 Å². The lowest BCUT2D eigenvalue weighted by Gasteiger charge is -2.29. The Morgan fingerprint density at radius 2 is 1.39 bits per heavy atom. The highest BCUT2D eigenvalue weighted by atomic mass is 19.1. The molecular formula is C31H36F2. The summed E-state index contributed by atoms with van der Waals surface area (Å²) in [7, 11) is 0. The van der Waals surface area contributed by atoms with Crippen LogP contribution in [-0.2, 0) is 6.42 Å². The van der Waals surface area contributed by atoms with E-state index in [1.807, 2.05) is 0 Å². The van der Waals surface area contributed by atoms with E-state index in [2.05, 4.69) is 56.3 Å². The minimum atomic E-state index is -0.539. The van der Waals surface area contributed by atoms with Crippen molar-refractivity contribution in [3.05, 3.63) is 83.4 Å². The van der Waals surface area contributed by atoms with Crippen molar-refractivity contribution < 1.29 is 8.78 Å². The van der Waals surface area contributed by atoms with Gasteiger partial charge < -0.3 is 0 Å². The van der Waals surface area contributed by atoms with Crippen molar-refractivity contribution in [1.82, 2.24) is 0 Å². The number of unbranched alkanes of at least 4 members (excludes halogenated alkanes) is 2. The van der Waals surface area contributed by atoms with E-state index in [1.165, 1.54) is 74.6 Å². The van der Waals surface area contributed by atoms with Crippen molar-refractivity contribution in [2.75, 3.05) is 0 Å². The van der Waals surface area contributed by atoms with E-state index in [-0.39, 0.29) is 0 Å². The van der Waals surface area contributed by atoms with Crippen molar-refractivity contribution in [2.45, 2.75) is 77.6 Å². The number of benzene rings is 3. The molecule has 2 heteroatoms. The average molecular weight is 447 g/mol. The normalized spacial score (nSPS) is 18.4. The second kappa shape index (κ2) is 11.1. The molecule has 0 spiro atoms. The second-order valence-electron chi connectivity index (χ2n) is 9.73. The van der Waals surface area contributed by atoms with Crippen molar-refractivity contribution >= 4 is 0 Å². The van der Waals surface area contributed by atoms with Crippen LogP contribution in [0, 0.1) is 17.6 Å². The number of hydrogen-bond acceptors (Lipinski definition) is 0. The first-order valence-electron chi connectivity index (χ1n) is 12.8. The summed E-state index contributed by atoms with van der Waals surface area (Å²) in [4.78, 5) is 0. The zero-order valence-corrected chi connectivity index (χ0v) is 20.0. The molecule has 3 aromatic rings. The van der Waals surface area contributed by atoms with E-state index in [0.717, 1.165) is 35.1 Å². The molecule has 0 heterocycles. The van der Waals surface area contributed by atoms with E-state index in [0.29, 0.717) is 11.5 Å². The van der Waals surface area contributed by atoms with Crippen molar-refractivity contribution in [3.8, 4) is 22.3 Å². The molecule has 3 aromatic carbocycles.